The highest BCUT2D eigenvalue weighted by Gasteiger charge is 2.41. The molecule has 9 nitrogen and oxygen atoms in total. The Balaban J connectivity index is 1.53. The van der Waals surface area contributed by atoms with E-state index >= 15 is 0 Å². The monoisotopic (exact) mass is 442 g/mol. The Hall–Kier alpha value is -3.50. The second kappa shape index (κ2) is 7.28. The topological polar surface area (TPSA) is 93.9 Å². The fraction of sp³-hybridized carbons (Fsp3) is 0.429. The van der Waals surface area contributed by atoms with Gasteiger partial charge >= 0.3 is 0 Å². The Kier molecular flexibility index (Phi) is 4.37. The summed E-state index contributed by atoms with van der Waals surface area (Å²) in [6, 6.07) is 1.38. The van der Waals surface area contributed by atoms with E-state index in [-0.39, 0.29) is 43.3 Å². The summed E-state index contributed by atoms with van der Waals surface area (Å²) < 4.78 is 41.8. The lowest BCUT2D eigenvalue weighted by atomic mass is 10.1. The van der Waals surface area contributed by atoms with Crippen LogP contribution in [0.1, 0.15) is 35.2 Å². The zero-order valence-corrected chi connectivity index (χ0v) is 17.0. The van der Waals surface area contributed by atoms with Gasteiger partial charge in [-0.15, -0.1) is 0 Å². The quantitative estimate of drug-likeness (QED) is 0.570. The number of ether oxygens (including phenoxy) is 2. The van der Waals surface area contributed by atoms with Gasteiger partial charge in [0.15, 0.2) is 23.4 Å². The summed E-state index contributed by atoms with van der Waals surface area (Å²) in [4.78, 5) is 23.5. The van der Waals surface area contributed by atoms with Gasteiger partial charge in [0.2, 0.25) is 5.88 Å². The summed E-state index contributed by atoms with van der Waals surface area (Å²) in [5.41, 5.74) is 1.07. The van der Waals surface area contributed by atoms with Gasteiger partial charge in [0, 0.05) is 5.56 Å². The van der Waals surface area contributed by atoms with Crippen LogP contribution in [0.25, 0.3) is 5.65 Å². The van der Waals surface area contributed by atoms with Gasteiger partial charge < -0.3 is 19.7 Å². The normalized spacial score (nSPS) is 24.9. The second-order valence-electron chi connectivity index (χ2n) is 8.27. The van der Waals surface area contributed by atoms with E-state index in [1.165, 1.54) is 16.8 Å². The highest BCUT2D eigenvalue weighted by molar-refractivity contribution is 5.99. The summed E-state index contributed by atoms with van der Waals surface area (Å²) >= 11 is 0. The maximum absolute atomic E-state index is 14.4. The van der Waals surface area contributed by atoms with Crippen molar-refractivity contribution in [3.63, 3.8) is 0 Å². The maximum atomic E-state index is 14.4. The molecule has 0 aromatic carbocycles. The number of hydrogen-bond acceptors (Lipinski definition) is 7. The van der Waals surface area contributed by atoms with Crippen molar-refractivity contribution in [2.45, 2.75) is 44.1 Å². The number of nitrogens with one attached hydrogen (secondary N) is 1. The molecule has 6 rings (SSSR count). The Morgan fingerprint density at radius 1 is 1.25 bits per heavy atom. The van der Waals surface area contributed by atoms with Crippen LogP contribution in [-0.2, 0) is 6.54 Å². The zero-order chi connectivity index (χ0) is 21.8. The molecule has 5 heterocycles. The molecule has 1 aliphatic carbocycles. The third-order valence-electron chi connectivity index (χ3n) is 6.17. The van der Waals surface area contributed by atoms with Crippen LogP contribution in [0.5, 0.6) is 11.6 Å². The van der Waals surface area contributed by atoms with E-state index in [0.29, 0.717) is 22.8 Å². The summed E-state index contributed by atoms with van der Waals surface area (Å²) in [7, 11) is 0. The molecule has 2 aliphatic heterocycles. The van der Waals surface area contributed by atoms with Crippen molar-refractivity contribution in [3.05, 3.63) is 41.6 Å². The third kappa shape index (κ3) is 3.10. The van der Waals surface area contributed by atoms with E-state index in [1.807, 2.05) is 4.90 Å². The first kappa shape index (κ1) is 19.2. The minimum atomic E-state index is -1.47. The van der Waals surface area contributed by atoms with Crippen LogP contribution in [0.15, 0.2) is 24.7 Å². The second-order valence-corrected chi connectivity index (χ2v) is 8.27. The lowest BCUT2D eigenvalue weighted by Gasteiger charge is -2.39. The van der Waals surface area contributed by atoms with Crippen molar-refractivity contribution in [3.8, 4) is 11.6 Å². The minimum Gasteiger partial charge on any atom is -0.483 e. The molecule has 3 aromatic rings. The molecule has 2 bridgehead atoms. The minimum absolute atomic E-state index is 0.0237. The first-order chi connectivity index (χ1) is 15.6. The number of fused-ring (bicyclic) bond motifs is 3. The van der Waals surface area contributed by atoms with Crippen molar-refractivity contribution in [2.75, 3.05) is 18.1 Å². The highest BCUT2D eigenvalue weighted by Crippen LogP contribution is 2.42. The van der Waals surface area contributed by atoms with Gasteiger partial charge in [0.25, 0.3) is 5.91 Å². The van der Waals surface area contributed by atoms with Crippen molar-refractivity contribution in [1.82, 2.24) is 24.9 Å². The number of nitrogens with zero attached hydrogens (tertiary/aromatic N) is 5. The van der Waals surface area contributed by atoms with E-state index in [2.05, 4.69) is 15.4 Å². The SMILES string of the molecule is O=C1NC[C@@H](F)COc2ncc(F)cc2CN2c3nc4c1cnn4cc3O[C@H]1CCC[C@H]12. The van der Waals surface area contributed by atoms with Crippen LogP contribution in [0.4, 0.5) is 14.6 Å². The highest BCUT2D eigenvalue weighted by atomic mass is 19.1. The number of alkyl halides is 1. The fourth-order valence-electron chi connectivity index (χ4n) is 4.67. The number of pyridine rings is 1. The van der Waals surface area contributed by atoms with Crippen LogP contribution in [-0.4, -0.2) is 57.0 Å². The molecular weight excluding hydrogens is 422 g/mol. The van der Waals surface area contributed by atoms with Gasteiger partial charge in [0.05, 0.1) is 37.7 Å². The standard InChI is InChI=1S/C21H20F2N6O3/c22-12-4-11-8-28-15-2-1-3-16(15)32-17-9-29-18(27-19(17)28)14(7-26-29)20(30)24-6-13(23)10-31-21(11)25-5-12/h4-5,7,9,13,15-16H,1-3,6,8,10H2,(H,24,30)/t13-,15-,16+/m1/s1. The maximum Gasteiger partial charge on any atom is 0.256 e. The molecule has 0 radical (unpaired) electrons. The van der Waals surface area contributed by atoms with Gasteiger partial charge in [-0.1, -0.05) is 0 Å². The lowest BCUT2D eigenvalue weighted by molar-refractivity contribution is 0.0932. The Morgan fingerprint density at radius 2 is 2.16 bits per heavy atom. The summed E-state index contributed by atoms with van der Waals surface area (Å²) in [6.07, 6.45) is 5.39. The molecular formula is C21H20F2N6O3. The Morgan fingerprint density at radius 3 is 3.06 bits per heavy atom. The predicted molar refractivity (Wildman–Crippen MR) is 108 cm³/mol. The molecule has 1 fully saturated rings. The third-order valence-corrected chi connectivity index (χ3v) is 6.17. The van der Waals surface area contributed by atoms with Crippen LogP contribution in [0.3, 0.4) is 0 Å². The summed E-state index contributed by atoms with van der Waals surface area (Å²) in [6.45, 7) is -0.316. The zero-order valence-electron chi connectivity index (χ0n) is 17.0. The summed E-state index contributed by atoms with van der Waals surface area (Å²) in [5.74, 6) is 0.265. The number of aromatic nitrogens is 4. The smallest absolute Gasteiger partial charge is 0.256 e. The van der Waals surface area contributed by atoms with Crippen LogP contribution < -0.4 is 19.7 Å². The van der Waals surface area contributed by atoms with Crippen molar-refractivity contribution >= 4 is 17.4 Å². The molecule has 1 saturated carbocycles. The van der Waals surface area contributed by atoms with Crippen LogP contribution in [0, 0.1) is 5.82 Å². The number of anilines is 1. The van der Waals surface area contributed by atoms with E-state index in [0.717, 1.165) is 25.5 Å². The van der Waals surface area contributed by atoms with Gasteiger partial charge in [-0.05, 0) is 25.3 Å². The molecule has 3 atom stereocenters. The number of amides is 1. The van der Waals surface area contributed by atoms with Crippen LogP contribution >= 0.6 is 0 Å². The Bertz CT molecular complexity index is 1220. The van der Waals surface area contributed by atoms with Crippen molar-refractivity contribution in [1.29, 1.82) is 0 Å². The molecule has 1 N–H and O–H groups in total. The predicted octanol–water partition coefficient (Wildman–Crippen LogP) is 2.04. The molecule has 11 heteroatoms. The van der Waals surface area contributed by atoms with Crippen molar-refractivity contribution < 1.29 is 23.0 Å². The van der Waals surface area contributed by atoms with Gasteiger partial charge in [-0.2, -0.15) is 5.10 Å². The van der Waals surface area contributed by atoms with E-state index < -0.39 is 17.9 Å². The van der Waals surface area contributed by atoms with E-state index in [9.17, 15) is 13.6 Å². The lowest BCUT2D eigenvalue weighted by Crippen LogP contribution is -2.47. The first-order valence-electron chi connectivity index (χ1n) is 10.6. The fourth-order valence-corrected chi connectivity index (χ4v) is 4.67. The molecule has 0 unspecified atom stereocenters. The first-order valence-corrected chi connectivity index (χ1v) is 10.6. The number of hydrogen-bond donors (Lipinski definition) is 1. The van der Waals surface area contributed by atoms with E-state index in [4.69, 9.17) is 14.5 Å². The molecule has 166 valence electrons. The number of carbonyl (C=O) groups excluding carboxylic acids is 1. The number of carbonyl (C=O) groups is 1. The average Bonchev–Trinajstić information content (AvgIpc) is 3.41. The molecule has 32 heavy (non-hydrogen) atoms. The molecule has 1 amide bonds. The van der Waals surface area contributed by atoms with Crippen molar-refractivity contribution in [2.24, 2.45) is 0 Å². The van der Waals surface area contributed by atoms with E-state index in [1.54, 1.807) is 6.20 Å². The molecule has 0 saturated heterocycles. The number of halogens is 2. The molecule has 3 aromatic heterocycles. The van der Waals surface area contributed by atoms with Crippen LogP contribution in [0.2, 0.25) is 0 Å². The largest absolute Gasteiger partial charge is 0.483 e. The average molecular weight is 442 g/mol. The van der Waals surface area contributed by atoms with Gasteiger partial charge in [-0.3, -0.25) is 4.79 Å². The Labute approximate surface area is 181 Å². The molecule has 3 aliphatic rings. The molecule has 0 spiro atoms. The summed E-state index contributed by atoms with van der Waals surface area (Å²) in [5, 5.41) is 6.78. The van der Waals surface area contributed by atoms with Gasteiger partial charge in [0.1, 0.15) is 24.1 Å². The number of rotatable bonds is 0. The van der Waals surface area contributed by atoms with Gasteiger partial charge in [-0.25, -0.2) is 23.3 Å².